The molecule has 1 aliphatic rings. The molecule has 0 fully saturated rings. The minimum absolute atomic E-state index is 0.111. The fourth-order valence-corrected chi connectivity index (χ4v) is 3.06. The Morgan fingerprint density at radius 1 is 1.24 bits per heavy atom. The first-order valence-electron chi connectivity index (χ1n) is 6.71. The SMILES string of the molecule is O=[N+]([O-])c1ccc(Nc2ccc3c(c2)CCCN3)c(I)c1. The second-order valence-corrected chi connectivity index (χ2v) is 6.11. The number of hydrogen-bond acceptors (Lipinski definition) is 4. The van der Waals surface area contributed by atoms with Gasteiger partial charge in [-0.25, -0.2) is 0 Å². The Balaban J connectivity index is 1.85. The standard InChI is InChI=1S/C15H14IN3O2/c16-13-9-12(19(20)21)4-6-15(13)18-11-3-5-14-10(8-11)2-1-7-17-14/h3-6,8-9,17-18H,1-2,7H2. The fraction of sp³-hybridized carbons (Fsp3) is 0.200. The Labute approximate surface area is 136 Å². The van der Waals surface area contributed by atoms with Gasteiger partial charge in [-0.3, -0.25) is 10.1 Å². The number of halogens is 1. The van der Waals surface area contributed by atoms with E-state index >= 15 is 0 Å². The third kappa shape index (κ3) is 3.10. The van der Waals surface area contributed by atoms with Crippen molar-refractivity contribution >= 4 is 45.3 Å². The first-order chi connectivity index (χ1) is 10.1. The van der Waals surface area contributed by atoms with Crippen molar-refractivity contribution in [3.63, 3.8) is 0 Å². The predicted molar refractivity (Wildman–Crippen MR) is 92.3 cm³/mol. The highest BCUT2D eigenvalue weighted by atomic mass is 127. The highest BCUT2D eigenvalue weighted by Gasteiger charge is 2.11. The summed E-state index contributed by atoms with van der Waals surface area (Å²) in [7, 11) is 0. The Hall–Kier alpha value is -1.83. The van der Waals surface area contributed by atoms with Gasteiger partial charge in [-0.2, -0.15) is 0 Å². The molecule has 0 amide bonds. The van der Waals surface area contributed by atoms with Crippen molar-refractivity contribution in [2.75, 3.05) is 17.2 Å². The maximum atomic E-state index is 10.8. The smallest absolute Gasteiger partial charge is 0.270 e. The summed E-state index contributed by atoms with van der Waals surface area (Å²) >= 11 is 2.11. The highest BCUT2D eigenvalue weighted by molar-refractivity contribution is 14.1. The third-order valence-corrected chi connectivity index (χ3v) is 4.38. The van der Waals surface area contributed by atoms with Gasteiger partial charge in [0.1, 0.15) is 0 Å². The van der Waals surface area contributed by atoms with Gasteiger partial charge in [0.05, 0.1) is 10.6 Å². The maximum Gasteiger partial charge on any atom is 0.270 e. The van der Waals surface area contributed by atoms with Crippen LogP contribution >= 0.6 is 22.6 Å². The molecule has 2 aromatic carbocycles. The number of nitro groups is 1. The number of anilines is 3. The number of nitro benzene ring substituents is 1. The van der Waals surface area contributed by atoms with E-state index in [0.29, 0.717) is 0 Å². The Morgan fingerprint density at radius 3 is 2.86 bits per heavy atom. The van der Waals surface area contributed by atoms with E-state index in [2.05, 4.69) is 45.4 Å². The molecule has 108 valence electrons. The van der Waals surface area contributed by atoms with Gasteiger partial charge < -0.3 is 10.6 Å². The van der Waals surface area contributed by atoms with E-state index in [0.717, 1.165) is 34.3 Å². The molecular formula is C15H14IN3O2. The summed E-state index contributed by atoms with van der Waals surface area (Å²) in [6.07, 6.45) is 2.22. The lowest BCUT2D eigenvalue weighted by Crippen LogP contribution is -2.11. The van der Waals surface area contributed by atoms with Crippen molar-refractivity contribution in [1.82, 2.24) is 0 Å². The quantitative estimate of drug-likeness (QED) is 0.462. The molecule has 0 spiro atoms. The second kappa shape index (κ2) is 5.88. The Morgan fingerprint density at radius 2 is 2.10 bits per heavy atom. The van der Waals surface area contributed by atoms with Crippen LogP contribution in [0.4, 0.5) is 22.7 Å². The van der Waals surface area contributed by atoms with E-state index in [1.807, 2.05) is 6.07 Å². The number of hydrogen-bond donors (Lipinski definition) is 2. The number of nitrogens with one attached hydrogen (secondary N) is 2. The van der Waals surface area contributed by atoms with Crippen molar-refractivity contribution in [1.29, 1.82) is 0 Å². The molecule has 5 nitrogen and oxygen atoms in total. The zero-order chi connectivity index (χ0) is 14.8. The molecular weight excluding hydrogens is 381 g/mol. The van der Waals surface area contributed by atoms with Gasteiger partial charge in [0.15, 0.2) is 0 Å². The molecule has 21 heavy (non-hydrogen) atoms. The normalized spacial score (nSPS) is 13.2. The van der Waals surface area contributed by atoms with Crippen molar-refractivity contribution in [2.45, 2.75) is 12.8 Å². The van der Waals surface area contributed by atoms with Gasteiger partial charge in [-0.05, 0) is 65.3 Å². The molecule has 0 atom stereocenters. The van der Waals surface area contributed by atoms with Crippen molar-refractivity contribution < 1.29 is 4.92 Å². The molecule has 0 aliphatic carbocycles. The molecule has 2 N–H and O–H groups in total. The van der Waals surface area contributed by atoms with Crippen LogP contribution in [-0.2, 0) is 6.42 Å². The lowest BCUT2D eigenvalue weighted by Gasteiger charge is -2.19. The number of rotatable bonds is 3. The maximum absolute atomic E-state index is 10.8. The average molecular weight is 395 g/mol. The largest absolute Gasteiger partial charge is 0.385 e. The van der Waals surface area contributed by atoms with Crippen LogP contribution in [-0.4, -0.2) is 11.5 Å². The Bertz CT molecular complexity index is 703. The third-order valence-electron chi connectivity index (χ3n) is 3.49. The Kier molecular flexibility index (Phi) is 3.96. The van der Waals surface area contributed by atoms with Gasteiger partial charge in [-0.1, -0.05) is 0 Å². The van der Waals surface area contributed by atoms with E-state index in [1.54, 1.807) is 12.1 Å². The number of aryl methyl sites for hydroxylation is 1. The van der Waals surface area contributed by atoms with Crippen LogP contribution in [0.25, 0.3) is 0 Å². The number of fused-ring (bicyclic) bond motifs is 1. The highest BCUT2D eigenvalue weighted by Crippen LogP contribution is 2.30. The molecule has 0 saturated carbocycles. The second-order valence-electron chi connectivity index (χ2n) is 4.95. The molecule has 0 saturated heterocycles. The molecule has 1 heterocycles. The summed E-state index contributed by atoms with van der Waals surface area (Å²) in [4.78, 5) is 10.4. The average Bonchev–Trinajstić information content (AvgIpc) is 2.49. The molecule has 0 bridgehead atoms. The number of nitrogens with zero attached hydrogens (tertiary/aromatic N) is 1. The molecule has 1 aliphatic heterocycles. The van der Waals surface area contributed by atoms with Crippen molar-refractivity contribution in [3.8, 4) is 0 Å². The summed E-state index contributed by atoms with van der Waals surface area (Å²) < 4.78 is 0.831. The predicted octanol–water partition coefficient (Wildman–Crippen LogP) is 4.30. The minimum atomic E-state index is -0.378. The van der Waals surface area contributed by atoms with Crippen LogP contribution in [0.3, 0.4) is 0 Å². The lowest BCUT2D eigenvalue weighted by molar-refractivity contribution is -0.384. The zero-order valence-corrected chi connectivity index (χ0v) is 13.4. The summed E-state index contributed by atoms with van der Waals surface area (Å²) in [6, 6.07) is 11.1. The lowest BCUT2D eigenvalue weighted by atomic mass is 10.0. The monoisotopic (exact) mass is 395 g/mol. The molecule has 0 radical (unpaired) electrons. The van der Waals surface area contributed by atoms with Crippen molar-refractivity contribution in [3.05, 3.63) is 55.6 Å². The van der Waals surface area contributed by atoms with E-state index in [-0.39, 0.29) is 10.6 Å². The van der Waals surface area contributed by atoms with Gasteiger partial charge in [0.25, 0.3) is 5.69 Å². The first kappa shape index (κ1) is 14.1. The summed E-state index contributed by atoms with van der Waals surface area (Å²) in [5.41, 5.74) is 4.50. The summed E-state index contributed by atoms with van der Waals surface area (Å²) in [5.74, 6) is 0. The topological polar surface area (TPSA) is 67.2 Å². The molecule has 2 aromatic rings. The number of benzene rings is 2. The van der Waals surface area contributed by atoms with Gasteiger partial charge >= 0.3 is 0 Å². The van der Waals surface area contributed by atoms with Crippen LogP contribution in [0.15, 0.2) is 36.4 Å². The van der Waals surface area contributed by atoms with Gasteiger partial charge in [0, 0.05) is 33.6 Å². The molecule has 0 aromatic heterocycles. The van der Waals surface area contributed by atoms with E-state index in [4.69, 9.17) is 0 Å². The minimum Gasteiger partial charge on any atom is -0.385 e. The summed E-state index contributed by atoms with van der Waals surface area (Å²) in [5, 5.41) is 17.5. The van der Waals surface area contributed by atoms with Crippen LogP contribution in [0, 0.1) is 13.7 Å². The van der Waals surface area contributed by atoms with E-state index in [9.17, 15) is 10.1 Å². The van der Waals surface area contributed by atoms with Crippen LogP contribution < -0.4 is 10.6 Å². The summed E-state index contributed by atoms with van der Waals surface area (Å²) in [6.45, 7) is 1.03. The molecule has 0 unspecified atom stereocenters. The molecule has 6 heteroatoms. The van der Waals surface area contributed by atoms with Crippen LogP contribution in [0.2, 0.25) is 0 Å². The number of non-ortho nitro benzene ring substituents is 1. The van der Waals surface area contributed by atoms with Crippen molar-refractivity contribution in [2.24, 2.45) is 0 Å². The van der Waals surface area contributed by atoms with Crippen LogP contribution in [0.1, 0.15) is 12.0 Å². The zero-order valence-electron chi connectivity index (χ0n) is 11.2. The fourth-order valence-electron chi connectivity index (χ4n) is 2.43. The van der Waals surface area contributed by atoms with Gasteiger partial charge in [0.2, 0.25) is 0 Å². The first-order valence-corrected chi connectivity index (χ1v) is 7.79. The van der Waals surface area contributed by atoms with Gasteiger partial charge in [-0.15, -0.1) is 0 Å². The van der Waals surface area contributed by atoms with Crippen LogP contribution in [0.5, 0.6) is 0 Å². The molecule has 3 rings (SSSR count). The van der Waals surface area contributed by atoms with E-state index < -0.39 is 0 Å². The van der Waals surface area contributed by atoms with E-state index in [1.165, 1.54) is 17.3 Å².